The second kappa shape index (κ2) is 4.64. The highest BCUT2D eigenvalue weighted by molar-refractivity contribution is 7.98. The SMILES string of the molecule is CSc1ncc2cnn(C3CCCCC3)c2n1. The minimum absolute atomic E-state index is 0.533. The summed E-state index contributed by atoms with van der Waals surface area (Å²) in [5.41, 5.74) is 0.997. The molecule has 5 heteroatoms. The maximum atomic E-state index is 4.58. The molecular formula is C12H16N4S. The summed E-state index contributed by atoms with van der Waals surface area (Å²) in [6.45, 7) is 0. The zero-order valence-electron chi connectivity index (χ0n) is 9.96. The van der Waals surface area contributed by atoms with Gasteiger partial charge in [0, 0.05) is 6.20 Å². The van der Waals surface area contributed by atoms with Crippen LogP contribution in [0.15, 0.2) is 17.6 Å². The summed E-state index contributed by atoms with van der Waals surface area (Å²) in [5, 5.41) is 6.38. The summed E-state index contributed by atoms with van der Waals surface area (Å²) < 4.78 is 2.11. The van der Waals surface area contributed by atoms with Crippen molar-refractivity contribution >= 4 is 22.8 Å². The lowest BCUT2D eigenvalue weighted by Gasteiger charge is -2.22. The van der Waals surface area contributed by atoms with Crippen LogP contribution in [0, 0.1) is 0 Å². The molecule has 0 aromatic carbocycles. The van der Waals surface area contributed by atoms with E-state index in [9.17, 15) is 0 Å². The molecule has 2 aromatic heterocycles. The molecule has 2 heterocycles. The Kier molecular flexibility index (Phi) is 3.01. The van der Waals surface area contributed by atoms with Gasteiger partial charge in [0.05, 0.1) is 17.6 Å². The van der Waals surface area contributed by atoms with Crippen molar-refractivity contribution in [3.63, 3.8) is 0 Å². The van der Waals surface area contributed by atoms with Crippen molar-refractivity contribution in [3.05, 3.63) is 12.4 Å². The van der Waals surface area contributed by atoms with Gasteiger partial charge in [0.1, 0.15) is 0 Å². The molecule has 0 N–H and O–H groups in total. The summed E-state index contributed by atoms with van der Waals surface area (Å²) in [5.74, 6) is 0. The molecule has 4 nitrogen and oxygen atoms in total. The van der Waals surface area contributed by atoms with Gasteiger partial charge in [-0.2, -0.15) is 5.10 Å². The van der Waals surface area contributed by atoms with Gasteiger partial charge in [0.25, 0.3) is 0 Å². The number of fused-ring (bicyclic) bond motifs is 1. The molecule has 0 aliphatic heterocycles. The first-order chi connectivity index (χ1) is 8.38. The first kappa shape index (κ1) is 11.0. The van der Waals surface area contributed by atoms with Gasteiger partial charge >= 0.3 is 0 Å². The van der Waals surface area contributed by atoms with Crippen molar-refractivity contribution in [3.8, 4) is 0 Å². The van der Waals surface area contributed by atoms with Crippen molar-refractivity contribution in [1.29, 1.82) is 0 Å². The quantitative estimate of drug-likeness (QED) is 0.605. The number of rotatable bonds is 2. The topological polar surface area (TPSA) is 43.6 Å². The van der Waals surface area contributed by atoms with E-state index < -0.39 is 0 Å². The molecule has 90 valence electrons. The van der Waals surface area contributed by atoms with Gasteiger partial charge in [-0.3, -0.25) is 0 Å². The summed E-state index contributed by atoms with van der Waals surface area (Å²) in [7, 11) is 0. The van der Waals surface area contributed by atoms with Crippen LogP contribution in [-0.4, -0.2) is 26.0 Å². The maximum Gasteiger partial charge on any atom is 0.189 e. The third kappa shape index (κ3) is 2.04. The Labute approximate surface area is 105 Å². The van der Waals surface area contributed by atoms with Gasteiger partial charge in [-0.05, 0) is 19.1 Å². The van der Waals surface area contributed by atoms with E-state index in [1.165, 1.54) is 32.1 Å². The Morgan fingerprint density at radius 3 is 2.82 bits per heavy atom. The number of thioether (sulfide) groups is 1. The van der Waals surface area contributed by atoms with Gasteiger partial charge in [0.15, 0.2) is 10.8 Å². The van der Waals surface area contributed by atoms with Gasteiger partial charge in [-0.15, -0.1) is 0 Å². The molecule has 1 aliphatic rings. The van der Waals surface area contributed by atoms with Gasteiger partial charge in [0.2, 0.25) is 0 Å². The Morgan fingerprint density at radius 2 is 2.06 bits per heavy atom. The molecule has 0 unspecified atom stereocenters. The largest absolute Gasteiger partial charge is 0.244 e. The first-order valence-electron chi connectivity index (χ1n) is 6.13. The van der Waals surface area contributed by atoms with Crippen molar-refractivity contribution in [2.24, 2.45) is 0 Å². The fraction of sp³-hybridized carbons (Fsp3) is 0.583. The average Bonchev–Trinajstić information content (AvgIpc) is 2.82. The minimum Gasteiger partial charge on any atom is -0.244 e. The highest BCUT2D eigenvalue weighted by Crippen LogP contribution is 2.29. The van der Waals surface area contributed by atoms with Crippen molar-refractivity contribution in [2.75, 3.05) is 6.26 Å². The van der Waals surface area contributed by atoms with Crippen LogP contribution in [0.5, 0.6) is 0 Å². The number of aromatic nitrogens is 4. The van der Waals surface area contributed by atoms with Crippen LogP contribution in [0.3, 0.4) is 0 Å². The Balaban J connectivity index is 2.02. The molecule has 0 amide bonds. The highest BCUT2D eigenvalue weighted by Gasteiger charge is 2.18. The van der Waals surface area contributed by atoms with E-state index in [-0.39, 0.29) is 0 Å². The molecule has 2 aromatic rings. The van der Waals surface area contributed by atoms with E-state index in [4.69, 9.17) is 0 Å². The van der Waals surface area contributed by atoms with E-state index in [1.807, 2.05) is 18.6 Å². The predicted octanol–water partition coefficient (Wildman–Crippen LogP) is 3.05. The molecule has 0 radical (unpaired) electrons. The van der Waals surface area contributed by atoms with Crippen LogP contribution in [0.4, 0.5) is 0 Å². The molecule has 1 fully saturated rings. The zero-order chi connectivity index (χ0) is 11.7. The molecule has 3 rings (SSSR count). The summed E-state index contributed by atoms with van der Waals surface area (Å²) >= 11 is 1.58. The van der Waals surface area contributed by atoms with Crippen LogP contribution in [-0.2, 0) is 0 Å². The second-order valence-electron chi connectivity index (χ2n) is 4.52. The molecular weight excluding hydrogens is 232 g/mol. The average molecular weight is 248 g/mol. The number of hydrogen-bond donors (Lipinski definition) is 0. The fourth-order valence-corrected chi connectivity index (χ4v) is 2.85. The number of hydrogen-bond acceptors (Lipinski definition) is 4. The molecule has 17 heavy (non-hydrogen) atoms. The molecule has 0 spiro atoms. The van der Waals surface area contributed by atoms with Gasteiger partial charge in [-0.25, -0.2) is 14.6 Å². The smallest absolute Gasteiger partial charge is 0.189 e. The zero-order valence-corrected chi connectivity index (χ0v) is 10.8. The van der Waals surface area contributed by atoms with Crippen molar-refractivity contribution in [1.82, 2.24) is 19.7 Å². The van der Waals surface area contributed by atoms with E-state index in [1.54, 1.807) is 11.8 Å². The standard InChI is InChI=1S/C12H16N4S/c1-17-12-13-7-9-8-14-16(11(9)15-12)10-5-3-2-4-6-10/h7-8,10H,2-6H2,1H3. The lowest BCUT2D eigenvalue weighted by molar-refractivity contribution is 0.335. The van der Waals surface area contributed by atoms with Crippen molar-refractivity contribution < 1.29 is 0 Å². The Bertz CT molecular complexity index is 516. The second-order valence-corrected chi connectivity index (χ2v) is 5.29. The van der Waals surface area contributed by atoms with Crippen LogP contribution in [0.25, 0.3) is 11.0 Å². The van der Waals surface area contributed by atoms with Crippen LogP contribution < -0.4 is 0 Å². The maximum absolute atomic E-state index is 4.58. The number of nitrogens with zero attached hydrogens (tertiary/aromatic N) is 4. The van der Waals surface area contributed by atoms with E-state index in [0.717, 1.165) is 16.2 Å². The van der Waals surface area contributed by atoms with Crippen molar-refractivity contribution in [2.45, 2.75) is 43.3 Å². The molecule has 0 saturated heterocycles. The Hall–Kier alpha value is -1.10. The lowest BCUT2D eigenvalue weighted by Crippen LogP contribution is -2.14. The normalized spacial score (nSPS) is 17.7. The third-order valence-electron chi connectivity index (χ3n) is 3.42. The lowest BCUT2D eigenvalue weighted by atomic mass is 9.96. The van der Waals surface area contributed by atoms with Crippen LogP contribution in [0.1, 0.15) is 38.1 Å². The van der Waals surface area contributed by atoms with Crippen LogP contribution in [0.2, 0.25) is 0 Å². The summed E-state index contributed by atoms with van der Waals surface area (Å²) in [6.07, 6.45) is 12.2. The monoisotopic (exact) mass is 248 g/mol. The van der Waals surface area contributed by atoms with Crippen LogP contribution >= 0.6 is 11.8 Å². The first-order valence-corrected chi connectivity index (χ1v) is 7.35. The summed E-state index contributed by atoms with van der Waals surface area (Å²) in [6, 6.07) is 0.533. The minimum atomic E-state index is 0.533. The highest BCUT2D eigenvalue weighted by atomic mass is 32.2. The molecule has 1 aliphatic carbocycles. The predicted molar refractivity (Wildman–Crippen MR) is 69.2 cm³/mol. The van der Waals surface area contributed by atoms with E-state index >= 15 is 0 Å². The summed E-state index contributed by atoms with van der Waals surface area (Å²) in [4.78, 5) is 8.86. The van der Waals surface area contributed by atoms with E-state index in [0.29, 0.717) is 6.04 Å². The molecule has 1 saturated carbocycles. The Morgan fingerprint density at radius 1 is 1.24 bits per heavy atom. The van der Waals surface area contributed by atoms with Gasteiger partial charge < -0.3 is 0 Å². The van der Waals surface area contributed by atoms with Gasteiger partial charge in [-0.1, -0.05) is 31.0 Å². The van der Waals surface area contributed by atoms with E-state index in [2.05, 4.69) is 19.7 Å². The fourth-order valence-electron chi connectivity index (χ4n) is 2.51. The third-order valence-corrected chi connectivity index (χ3v) is 3.98. The molecule has 0 bridgehead atoms. The molecule has 0 atom stereocenters.